The van der Waals surface area contributed by atoms with Crippen molar-refractivity contribution in [2.75, 3.05) is 25.0 Å². The number of nitrogens with zero attached hydrogens (tertiary/aromatic N) is 2. The topological polar surface area (TPSA) is 56.1 Å². The highest BCUT2D eigenvalue weighted by molar-refractivity contribution is 7.16. The Morgan fingerprint density at radius 1 is 1.45 bits per heavy atom. The molecule has 0 spiro atoms. The molecule has 0 aromatic carbocycles. The molecule has 0 radical (unpaired) electrons. The standard InChI is InChI=1S/C17H23N3OS/c1-12-4-5-13-14(11-18)17(22-15(13)10-12)19-16(21)6-9-20-7-2-3-8-20/h12H,2-10H2,1H3,(H,19,21). The normalized spacial score (nSPS) is 21.4. The van der Waals surface area contributed by atoms with E-state index in [0.717, 1.165) is 43.9 Å². The monoisotopic (exact) mass is 317 g/mol. The number of hydrogen-bond acceptors (Lipinski definition) is 4. The Morgan fingerprint density at radius 2 is 2.23 bits per heavy atom. The van der Waals surface area contributed by atoms with Crippen LogP contribution in [0, 0.1) is 17.2 Å². The Kier molecular flexibility index (Phi) is 4.80. The van der Waals surface area contributed by atoms with E-state index in [1.165, 1.54) is 23.3 Å². The number of anilines is 1. The highest BCUT2D eigenvalue weighted by atomic mass is 32.1. The first kappa shape index (κ1) is 15.5. The molecule has 4 nitrogen and oxygen atoms in total. The quantitative estimate of drug-likeness (QED) is 0.928. The highest BCUT2D eigenvalue weighted by Gasteiger charge is 2.24. The number of nitriles is 1. The predicted molar refractivity (Wildman–Crippen MR) is 89.1 cm³/mol. The molecule has 1 atom stereocenters. The Bertz CT molecular complexity index is 596. The zero-order chi connectivity index (χ0) is 15.5. The summed E-state index contributed by atoms with van der Waals surface area (Å²) in [4.78, 5) is 15.8. The SMILES string of the molecule is CC1CCc2c(sc(NC(=O)CCN3CCCC3)c2C#N)C1. The van der Waals surface area contributed by atoms with E-state index < -0.39 is 0 Å². The van der Waals surface area contributed by atoms with Gasteiger partial charge in [-0.25, -0.2) is 0 Å². The number of carbonyl (C=O) groups is 1. The third-order valence-corrected chi connectivity index (χ3v) is 5.90. The number of amides is 1. The zero-order valence-corrected chi connectivity index (χ0v) is 14.0. The van der Waals surface area contributed by atoms with E-state index in [0.29, 0.717) is 17.9 Å². The molecule has 22 heavy (non-hydrogen) atoms. The molecule has 0 saturated carbocycles. The first-order valence-electron chi connectivity index (χ1n) is 8.24. The summed E-state index contributed by atoms with van der Waals surface area (Å²) in [5, 5.41) is 13.2. The lowest BCUT2D eigenvalue weighted by molar-refractivity contribution is -0.116. The fraction of sp³-hybridized carbons (Fsp3) is 0.647. The molecule has 1 aromatic heterocycles. The molecule has 1 aromatic rings. The fourth-order valence-corrected chi connectivity index (χ4v) is 4.79. The van der Waals surface area contributed by atoms with Crippen LogP contribution in [0.1, 0.15) is 48.6 Å². The van der Waals surface area contributed by atoms with E-state index in [1.54, 1.807) is 11.3 Å². The molecule has 118 valence electrons. The summed E-state index contributed by atoms with van der Waals surface area (Å²) in [6.45, 7) is 5.31. The lowest BCUT2D eigenvalue weighted by Crippen LogP contribution is -2.25. The molecular weight excluding hydrogens is 294 g/mol. The molecule has 1 amide bonds. The molecule has 5 heteroatoms. The van der Waals surface area contributed by atoms with Crippen LogP contribution >= 0.6 is 11.3 Å². The van der Waals surface area contributed by atoms with Gasteiger partial charge < -0.3 is 10.2 Å². The molecule has 1 N–H and O–H groups in total. The average Bonchev–Trinajstić information content (AvgIpc) is 3.11. The van der Waals surface area contributed by atoms with Gasteiger partial charge in [0.15, 0.2) is 0 Å². The van der Waals surface area contributed by atoms with E-state index >= 15 is 0 Å². The molecule has 3 rings (SSSR count). The van der Waals surface area contributed by atoms with Crippen molar-refractivity contribution in [3.05, 3.63) is 16.0 Å². The van der Waals surface area contributed by atoms with Gasteiger partial charge in [-0.1, -0.05) is 6.92 Å². The van der Waals surface area contributed by atoms with Gasteiger partial charge >= 0.3 is 0 Å². The summed E-state index contributed by atoms with van der Waals surface area (Å²) in [7, 11) is 0. The Balaban J connectivity index is 1.64. The van der Waals surface area contributed by atoms with Crippen molar-refractivity contribution in [2.24, 2.45) is 5.92 Å². The van der Waals surface area contributed by atoms with Crippen LogP contribution in [0.25, 0.3) is 0 Å². The molecule has 2 aliphatic rings. The lowest BCUT2D eigenvalue weighted by Gasteiger charge is -2.17. The van der Waals surface area contributed by atoms with Gasteiger partial charge in [-0.15, -0.1) is 11.3 Å². The summed E-state index contributed by atoms with van der Waals surface area (Å²) in [6.07, 6.45) is 6.16. The maximum atomic E-state index is 12.2. The zero-order valence-electron chi connectivity index (χ0n) is 13.2. The largest absolute Gasteiger partial charge is 0.317 e. The Morgan fingerprint density at radius 3 is 2.95 bits per heavy atom. The summed E-state index contributed by atoms with van der Waals surface area (Å²) >= 11 is 1.61. The third-order valence-electron chi connectivity index (χ3n) is 4.73. The van der Waals surface area contributed by atoms with Crippen LogP contribution in [0.4, 0.5) is 5.00 Å². The smallest absolute Gasteiger partial charge is 0.226 e. The van der Waals surface area contributed by atoms with Crippen LogP contribution < -0.4 is 5.32 Å². The summed E-state index contributed by atoms with van der Waals surface area (Å²) in [5.74, 6) is 0.714. The van der Waals surface area contributed by atoms with Crippen LogP contribution in [0.2, 0.25) is 0 Å². The second-order valence-corrected chi connectivity index (χ2v) is 7.62. The molecular formula is C17H23N3OS. The molecule has 1 aliphatic heterocycles. The van der Waals surface area contributed by atoms with Gasteiger partial charge in [0.2, 0.25) is 5.91 Å². The molecule has 1 saturated heterocycles. The number of nitrogens with one attached hydrogen (secondary N) is 1. The molecule has 1 aliphatic carbocycles. The number of rotatable bonds is 4. The Hall–Kier alpha value is -1.38. The highest BCUT2D eigenvalue weighted by Crippen LogP contribution is 2.39. The third kappa shape index (κ3) is 3.34. The fourth-order valence-electron chi connectivity index (χ4n) is 3.41. The second-order valence-electron chi connectivity index (χ2n) is 6.51. The lowest BCUT2D eigenvalue weighted by atomic mass is 9.89. The molecule has 2 heterocycles. The summed E-state index contributed by atoms with van der Waals surface area (Å²) < 4.78 is 0. The molecule has 1 fully saturated rings. The van der Waals surface area contributed by atoms with Crippen molar-refractivity contribution >= 4 is 22.2 Å². The summed E-state index contributed by atoms with van der Waals surface area (Å²) in [6, 6.07) is 2.31. The van der Waals surface area contributed by atoms with Gasteiger partial charge in [0.05, 0.1) is 5.56 Å². The number of likely N-dealkylation sites (tertiary alicyclic amines) is 1. The van der Waals surface area contributed by atoms with E-state index in [4.69, 9.17) is 0 Å². The van der Waals surface area contributed by atoms with E-state index in [2.05, 4.69) is 23.2 Å². The van der Waals surface area contributed by atoms with Crippen LogP contribution in [-0.4, -0.2) is 30.4 Å². The Labute approximate surface area is 136 Å². The number of hydrogen-bond donors (Lipinski definition) is 1. The van der Waals surface area contributed by atoms with Crippen molar-refractivity contribution < 1.29 is 4.79 Å². The van der Waals surface area contributed by atoms with E-state index in [1.807, 2.05) is 0 Å². The summed E-state index contributed by atoms with van der Waals surface area (Å²) in [5.41, 5.74) is 1.89. The second kappa shape index (κ2) is 6.80. The van der Waals surface area contributed by atoms with Gasteiger partial charge in [0.25, 0.3) is 0 Å². The van der Waals surface area contributed by atoms with Crippen LogP contribution in [0.15, 0.2) is 0 Å². The van der Waals surface area contributed by atoms with Crippen molar-refractivity contribution in [1.29, 1.82) is 5.26 Å². The molecule has 0 bridgehead atoms. The van der Waals surface area contributed by atoms with Crippen molar-refractivity contribution in [2.45, 2.75) is 45.4 Å². The predicted octanol–water partition coefficient (Wildman–Crippen LogP) is 3.17. The van der Waals surface area contributed by atoms with Crippen molar-refractivity contribution in [1.82, 2.24) is 4.90 Å². The minimum Gasteiger partial charge on any atom is -0.317 e. The van der Waals surface area contributed by atoms with E-state index in [9.17, 15) is 10.1 Å². The first-order valence-corrected chi connectivity index (χ1v) is 9.06. The average molecular weight is 317 g/mol. The van der Waals surface area contributed by atoms with Crippen LogP contribution in [-0.2, 0) is 17.6 Å². The van der Waals surface area contributed by atoms with E-state index in [-0.39, 0.29) is 5.91 Å². The maximum absolute atomic E-state index is 12.2. The number of carbonyl (C=O) groups excluding carboxylic acids is 1. The van der Waals surface area contributed by atoms with Gasteiger partial charge in [-0.05, 0) is 56.7 Å². The van der Waals surface area contributed by atoms with Gasteiger partial charge in [-0.2, -0.15) is 5.26 Å². The maximum Gasteiger partial charge on any atom is 0.226 e. The van der Waals surface area contributed by atoms with Crippen LogP contribution in [0.3, 0.4) is 0 Å². The van der Waals surface area contributed by atoms with Crippen LogP contribution in [0.5, 0.6) is 0 Å². The molecule has 1 unspecified atom stereocenters. The number of thiophene rings is 1. The minimum absolute atomic E-state index is 0.0371. The number of fused-ring (bicyclic) bond motifs is 1. The van der Waals surface area contributed by atoms with Gasteiger partial charge in [-0.3, -0.25) is 4.79 Å². The van der Waals surface area contributed by atoms with Crippen molar-refractivity contribution in [3.63, 3.8) is 0 Å². The van der Waals surface area contributed by atoms with Gasteiger partial charge in [0.1, 0.15) is 11.1 Å². The van der Waals surface area contributed by atoms with Gasteiger partial charge in [0, 0.05) is 17.8 Å². The van der Waals surface area contributed by atoms with Crippen molar-refractivity contribution in [3.8, 4) is 6.07 Å². The minimum atomic E-state index is 0.0371. The first-order chi connectivity index (χ1) is 10.7.